The number of halogens is 2. The van der Waals surface area contributed by atoms with E-state index < -0.39 is 35.7 Å². The molecule has 0 saturated carbocycles. The standard InChI is InChI=1S/C22H30F2N2O4/c1-13(2)21(27)26-14(3)11-25(12-19(26)22(28)29)18(10-15-6-5-9-30-15)20-16(23)7-4-8-17(20)24/h4,7-8,13-15,18-19H,5-6,9-12H2,1-3H3,(H,28,29)/t14-,15?,18-,19-/m1/s1. The largest absolute Gasteiger partial charge is 0.480 e. The van der Waals surface area contributed by atoms with Crippen LogP contribution in [0.5, 0.6) is 0 Å². The number of aliphatic carboxylic acids is 1. The third kappa shape index (κ3) is 4.64. The normalized spacial score (nSPS) is 26.2. The van der Waals surface area contributed by atoms with Crippen LogP contribution in [0.25, 0.3) is 0 Å². The van der Waals surface area contributed by atoms with Gasteiger partial charge in [0.25, 0.3) is 0 Å². The van der Waals surface area contributed by atoms with E-state index in [1.807, 2.05) is 0 Å². The first-order chi connectivity index (χ1) is 14.2. The van der Waals surface area contributed by atoms with Crippen molar-refractivity contribution in [3.63, 3.8) is 0 Å². The van der Waals surface area contributed by atoms with Gasteiger partial charge >= 0.3 is 5.97 Å². The third-order valence-corrected chi connectivity index (χ3v) is 6.03. The average Bonchev–Trinajstić information content (AvgIpc) is 3.19. The predicted octanol–water partition coefficient (Wildman–Crippen LogP) is 3.22. The van der Waals surface area contributed by atoms with Crippen molar-refractivity contribution >= 4 is 11.9 Å². The van der Waals surface area contributed by atoms with Crippen LogP contribution < -0.4 is 0 Å². The molecule has 1 unspecified atom stereocenters. The van der Waals surface area contributed by atoms with E-state index in [2.05, 4.69) is 0 Å². The first-order valence-corrected chi connectivity index (χ1v) is 10.5. The van der Waals surface area contributed by atoms with Gasteiger partial charge in [0.1, 0.15) is 17.7 Å². The van der Waals surface area contributed by atoms with E-state index in [1.165, 1.54) is 23.1 Å². The summed E-state index contributed by atoms with van der Waals surface area (Å²) < 4.78 is 35.1. The number of piperazine rings is 1. The fourth-order valence-electron chi connectivity index (χ4n) is 4.60. The minimum atomic E-state index is -1.12. The Bertz CT molecular complexity index is 762. The summed E-state index contributed by atoms with van der Waals surface area (Å²) in [7, 11) is 0. The molecular weight excluding hydrogens is 394 g/mol. The second-order valence-electron chi connectivity index (χ2n) is 8.58. The number of carboxylic acids is 1. The number of benzene rings is 1. The molecule has 2 aliphatic heterocycles. The van der Waals surface area contributed by atoms with Crippen LogP contribution in [0.4, 0.5) is 8.78 Å². The molecule has 1 aromatic rings. The Labute approximate surface area is 175 Å². The number of hydrogen-bond donors (Lipinski definition) is 1. The molecular formula is C22H30F2N2O4. The number of ether oxygens (including phenoxy) is 1. The predicted molar refractivity (Wildman–Crippen MR) is 107 cm³/mol. The molecule has 0 spiro atoms. The molecule has 6 nitrogen and oxygen atoms in total. The minimum Gasteiger partial charge on any atom is -0.480 e. The van der Waals surface area contributed by atoms with Gasteiger partial charge in [-0.25, -0.2) is 13.6 Å². The SMILES string of the molecule is CC(C)C(=O)N1[C@H](C)CN([C@H](CC2CCCO2)c2c(F)cccc2F)C[C@@H]1C(=O)O. The van der Waals surface area contributed by atoms with Gasteiger partial charge in [0, 0.05) is 43.3 Å². The van der Waals surface area contributed by atoms with E-state index in [1.54, 1.807) is 25.7 Å². The summed E-state index contributed by atoms with van der Waals surface area (Å²) >= 11 is 0. The fourth-order valence-corrected chi connectivity index (χ4v) is 4.60. The van der Waals surface area contributed by atoms with Crippen LogP contribution in [0.2, 0.25) is 0 Å². The average molecular weight is 424 g/mol. The summed E-state index contributed by atoms with van der Waals surface area (Å²) in [6.45, 7) is 6.19. The highest BCUT2D eigenvalue weighted by atomic mass is 19.1. The van der Waals surface area contributed by atoms with E-state index in [9.17, 15) is 23.5 Å². The van der Waals surface area contributed by atoms with Crippen molar-refractivity contribution in [1.82, 2.24) is 9.80 Å². The second kappa shape index (κ2) is 9.39. The zero-order valence-electron chi connectivity index (χ0n) is 17.7. The molecule has 2 saturated heterocycles. The summed E-state index contributed by atoms with van der Waals surface area (Å²) in [6, 6.07) is 1.60. The molecule has 1 N–H and O–H groups in total. The highest BCUT2D eigenvalue weighted by Crippen LogP contribution is 2.36. The number of nitrogens with zero attached hydrogens (tertiary/aromatic N) is 2. The first-order valence-electron chi connectivity index (χ1n) is 10.5. The molecule has 1 amide bonds. The molecule has 166 valence electrons. The molecule has 8 heteroatoms. The highest BCUT2D eigenvalue weighted by Gasteiger charge is 2.43. The minimum absolute atomic E-state index is 0.00327. The van der Waals surface area contributed by atoms with Crippen molar-refractivity contribution in [3.8, 4) is 0 Å². The Kier molecular flexibility index (Phi) is 7.08. The van der Waals surface area contributed by atoms with Crippen molar-refractivity contribution in [2.75, 3.05) is 19.7 Å². The topological polar surface area (TPSA) is 70.1 Å². The van der Waals surface area contributed by atoms with Crippen LogP contribution >= 0.6 is 0 Å². The molecule has 0 radical (unpaired) electrons. The van der Waals surface area contributed by atoms with Crippen molar-refractivity contribution in [1.29, 1.82) is 0 Å². The molecule has 0 aliphatic carbocycles. The lowest BCUT2D eigenvalue weighted by Gasteiger charge is -2.47. The maximum Gasteiger partial charge on any atom is 0.327 e. The molecule has 30 heavy (non-hydrogen) atoms. The molecule has 2 heterocycles. The Hall–Kier alpha value is -2.06. The van der Waals surface area contributed by atoms with Crippen molar-refractivity contribution in [3.05, 3.63) is 35.4 Å². The van der Waals surface area contributed by atoms with Gasteiger partial charge in [0.2, 0.25) is 5.91 Å². The van der Waals surface area contributed by atoms with Crippen molar-refractivity contribution < 1.29 is 28.2 Å². The molecule has 0 bridgehead atoms. The van der Waals surface area contributed by atoms with Gasteiger partial charge < -0.3 is 14.7 Å². The summed E-state index contributed by atoms with van der Waals surface area (Å²) in [4.78, 5) is 27.9. The Morgan fingerprint density at radius 2 is 1.90 bits per heavy atom. The number of amides is 1. The first kappa shape index (κ1) is 22.6. The Morgan fingerprint density at radius 3 is 2.43 bits per heavy atom. The van der Waals surface area contributed by atoms with Crippen LogP contribution in [0.3, 0.4) is 0 Å². The Balaban J connectivity index is 1.95. The van der Waals surface area contributed by atoms with Gasteiger partial charge in [-0.2, -0.15) is 0 Å². The number of carbonyl (C=O) groups is 2. The maximum absolute atomic E-state index is 14.7. The fraction of sp³-hybridized carbons (Fsp3) is 0.636. The third-order valence-electron chi connectivity index (χ3n) is 6.03. The van der Waals surface area contributed by atoms with Crippen LogP contribution in [0, 0.1) is 17.6 Å². The summed E-state index contributed by atoms with van der Waals surface area (Å²) in [5.74, 6) is -3.00. The molecule has 2 aliphatic rings. The van der Waals surface area contributed by atoms with E-state index in [-0.39, 0.29) is 30.0 Å². The maximum atomic E-state index is 14.7. The molecule has 3 rings (SSSR count). The quantitative estimate of drug-likeness (QED) is 0.759. The van der Waals surface area contributed by atoms with Gasteiger partial charge in [-0.3, -0.25) is 9.69 Å². The second-order valence-corrected chi connectivity index (χ2v) is 8.58. The summed E-state index contributed by atoms with van der Waals surface area (Å²) in [5.41, 5.74) is -0.0621. The molecule has 2 fully saturated rings. The van der Waals surface area contributed by atoms with E-state index in [0.29, 0.717) is 19.6 Å². The number of rotatable bonds is 6. The number of hydrogen-bond acceptors (Lipinski definition) is 4. The summed E-state index contributed by atoms with van der Waals surface area (Å²) in [5, 5.41) is 9.83. The number of carbonyl (C=O) groups excluding carboxylic acids is 1. The number of carboxylic acid groups (broad SMARTS) is 1. The zero-order valence-corrected chi connectivity index (χ0v) is 17.7. The van der Waals surface area contributed by atoms with Crippen molar-refractivity contribution in [2.45, 2.75) is 64.3 Å². The van der Waals surface area contributed by atoms with Gasteiger partial charge in [-0.15, -0.1) is 0 Å². The van der Waals surface area contributed by atoms with Crippen LogP contribution in [-0.2, 0) is 14.3 Å². The monoisotopic (exact) mass is 424 g/mol. The molecule has 1 aromatic carbocycles. The van der Waals surface area contributed by atoms with E-state index in [0.717, 1.165) is 12.8 Å². The van der Waals surface area contributed by atoms with Gasteiger partial charge in [0.15, 0.2) is 0 Å². The van der Waals surface area contributed by atoms with Gasteiger partial charge in [-0.05, 0) is 38.3 Å². The van der Waals surface area contributed by atoms with Crippen LogP contribution in [0.1, 0.15) is 51.6 Å². The molecule has 0 aromatic heterocycles. The van der Waals surface area contributed by atoms with Crippen LogP contribution in [0.15, 0.2) is 18.2 Å². The van der Waals surface area contributed by atoms with E-state index in [4.69, 9.17) is 4.74 Å². The zero-order chi connectivity index (χ0) is 22.0. The van der Waals surface area contributed by atoms with Gasteiger partial charge in [-0.1, -0.05) is 19.9 Å². The summed E-state index contributed by atoms with van der Waals surface area (Å²) in [6.07, 6.45) is 1.93. The lowest BCUT2D eigenvalue weighted by Crippen LogP contribution is -2.63. The highest BCUT2D eigenvalue weighted by molar-refractivity contribution is 5.85. The molecule has 4 atom stereocenters. The lowest BCUT2D eigenvalue weighted by atomic mass is 9.93. The van der Waals surface area contributed by atoms with Crippen LogP contribution in [-0.4, -0.2) is 64.7 Å². The van der Waals surface area contributed by atoms with Gasteiger partial charge in [0.05, 0.1) is 6.10 Å². The lowest BCUT2D eigenvalue weighted by molar-refractivity contribution is -0.159. The van der Waals surface area contributed by atoms with Crippen molar-refractivity contribution in [2.24, 2.45) is 5.92 Å². The smallest absolute Gasteiger partial charge is 0.327 e. The van der Waals surface area contributed by atoms with E-state index >= 15 is 0 Å². The Morgan fingerprint density at radius 1 is 1.23 bits per heavy atom.